The number of allylic oxidation sites excluding steroid dienone is 4. The van der Waals surface area contributed by atoms with E-state index in [0.29, 0.717) is 51.4 Å². The van der Waals surface area contributed by atoms with Gasteiger partial charge >= 0.3 is 17.9 Å². The zero-order valence-corrected chi connectivity index (χ0v) is 37.2. The molecule has 0 saturated carbocycles. The number of aliphatic carboxylic acids is 1. The molecule has 4 aliphatic carbocycles. The second kappa shape index (κ2) is 22.2. The second-order valence-corrected chi connectivity index (χ2v) is 19.0. The van der Waals surface area contributed by atoms with E-state index in [1.807, 2.05) is 59.8 Å². The molecule has 0 aromatic heterocycles. The number of hydrogen-bond acceptors (Lipinski definition) is 12. The molecule has 0 aromatic carbocycles. The van der Waals surface area contributed by atoms with Gasteiger partial charge in [0.1, 0.15) is 18.3 Å². The van der Waals surface area contributed by atoms with Crippen LogP contribution in [0.4, 0.5) is 0 Å². The van der Waals surface area contributed by atoms with Crippen LogP contribution in [0.3, 0.4) is 0 Å². The van der Waals surface area contributed by atoms with Crippen LogP contribution in [0.1, 0.15) is 127 Å². The van der Waals surface area contributed by atoms with Gasteiger partial charge < -0.3 is 45.2 Å². The number of ketones is 1. The number of carboxylic acids is 1. The molecule has 13 heteroatoms. The molecule has 60 heavy (non-hydrogen) atoms. The molecule has 0 aromatic rings. The molecule has 0 saturated heterocycles. The van der Waals surface area contributed by atoms with Gasteiger partial charge in [0.05, 0.1) is 35.2 Å². The number of carbonyl (C=O) groups excluding carboxylic acids is 3. The van der Waals surface area contributed by atoms with Gasteiger partial charge in [0.25, 0.3) is 0 Å². The van der Waals surface area contributed by atoms with E-state index in [0.717, 1.165) is 11.1 Å². The van der Waals surface area contributed by atoms with E-state index < -0.39 is 65.6 Å². The molecule has 0 heterocycles. The van der Waals surface area contributed by atoms with Crippen LogP contribution in [-0.2, 0) is 28.7 Å². The minimum Gasteiger partial charge on any atom is -0.479 e. The number of aliphatic hydroxyl groups is 6. The Labute approximate surface area is 356 Å². The molecular weight excluding hydrogens is 773 g/mol. The Morgan fingerprint density at radius 2 is 1.05 bits per heavy atom. The summed E-state index contributed by atoms with van der Waals surface area (Å²) in [5.41, 5.74) is 0.712. The fourth-order valence-corrected chi connectivity index (χ4v) is 8.64. The van der Waals surface area contributed by atoms with Gasteiger partial charge in [0.15, 0.2) is 11.9 Å². The van der Waals surface area contributed by atoms with E-state index in [9.17, 15) is 49.8 Å². The van der Waals surface area contributed by atoms with Crippen molar-refractivity contribution in [1.29, 1.82) is 0 Å². The largest absolute Gasteiger partial charge is 0.479 e. The third-order valence-corrected chi connectivity index (χ3v) is 13.5. The Hall–Kier alpha value is -3.20. The first-order valence-electron chi connectivity index (χ1n) is 22.0. The van der Waals surface area contributed by atoms with Gasteiger partial charge in [-0.05, 0) is 108 Å². The average molecular weight is 847 g/mol. The molecule has 340 valence electrons. The minimum absolute atomic E-state index is 0.0292. The maximum atomic E-state index is 12.7. The first-order valence-corrected chi connectivity index (χ1v) is 22.0. The van der Waals surface area contributed by atoms with Crippen LogP contribution >= 0.6 is 0 Å². The van der Waals surface area contributed by atoms with Gasteiger partial charge in [-0.1, -0.05) is 64.2 Å². The molecule has 0 bridgehead atoms. The molecule has 0 fully saturated rings. The lowest BCUT2D eigenvalue weighted by molar-refractivity contribution is -0.166. The molecule has 13 nitrogen and oxygen atoms in total. The number of ether oxygens (including phenoxy) is 2. The van der Waals surface area contributed by atoms with Crippen LogP contribution in [-0.4, -0.2) is 108 Å². The first kappa shape index (κ1) is 51.2. The van der Waals surface area contributed by atoms with E-state index in [4.69, 9.17) is 14.6 Å². The number of hydrogen-bond donors (Lipinski definition) is 7. The highest BCUT2D eigenvalue weighted by atomic mass is 16.6. The summed E-state index contributed by atoms with van der Waals surface area (Å²) in [5, 5.41) is 69.1. The maximum Gasteiger partial charge on any atom is 0.332 e. The molecular formula is C47H74O13. The summed E-state index contributed by atoms with van der Waals surface area (Å²) < 4.78 is 11.9. The number of Topliss-reactive ketones (excluding diaryl/α,β-unsaturated/α-hetero) is 1. The minimum atomic E-state index is -1.59. The van der Waals surface area contributed by atoms with Crippen LogP contribution < -0.4 is 0 Å². The molecule has 0 aliphatic heterocycles. The molecule has 0 unspecified atom stereocenters. The van der Waals surface area contributed by atoms with Crippen LogP contribution in [0.2, 0.25) is 0 Å². The third-order valence-electron chi connectivity index (χ3n) is 13.5. The number of aliphatic hydroxyl groups excluding tert-OH is 6. The summed E-state index contributed by atoms with van der Waals surface area (Å²) in [7, 11) is 0. The fraction of sp³-hybridized carbons (Fsp3) is 0.745. The Morgan fingerprint density at radius 1 is 0.683 bits per heavy atom. The van der Waals surface area contributed by atoms with Crippen molar-refractivity contribution in [1.82, 2.24) is 0 Å². The average Bonchev–Trinajstić information content (AvgIpc) is 3.17. The smallest absolute Gasteiger partial charge is 0.332 e. The van der Waals surface area contributed by atoms with Gasteiger partial charge in [-0.15, -0.1) is 0 Å². The van der Waals surface area contributed by atoms with Crippen molar-refractivity contribution in [3.05, 3.63) is 47.6 Å². The topological polar surface area (TPSA) is 228 Å². The van der Waals surface area contributed by atoms with Crippen molar-refractivity contribution in [2.45, 2.75) is 175 Å². The van der Waals surface area contributed by atoms with E-state index in [2.05, 4.69) is 26.0 Å². The van der Waals surface area contributed by atoms with Gasteiger partial charge in [-0.3, -0.25) is 14.4 Å². The Morgan fingerprint density at radius 3 is 1.38 bits per heavy atom. The summed E-state index contributed by atoms with van der Waals surface area (Å²) in [5.74, 6) is -1.81. The Kier molecular flexibility index (Phi) is 19.0. The zero-order valence-electron chi connectivity index (χ0n) is 37.2. The molecule has 4 aliphatic rings. The Bertz CT molecular complexity index is 1480. The molecule has 4 rings (SSSR count). The van der Waals surface area contributed by atoms with E-state index in [1.54, 1.807) is 6.08 Å². The van der Waals surface area contributed by atoms with E-state index in [1.165, 1.54) is 6.92 Å². The van der Waals surface area contributed by atoms with Crippen molar-refractivity contribution in [3.8, 4) is 0 Å². The van der Waals surface area contributed by atoms with E-state index in [-0.39, 0.29) is 66.1 Å². The van der Waals surface area contributed by atoms with Crippen molar-refractivity contribution in [2.24, 2.45) is 46.3 Å². The van der Waals surface area contributed by atoms with Crippen molar-refractivity contribution >= 4 is 23.7 Å². The third kappa shape index (κ3) is 13.9. The lowest BCUT2D eigenvalue weighted by Gasteiger charge is -2.43. The monoisotopic (exact) mass is 847 g/mol. The summed E-state index contributed by atoms with van der Waals surface area (Å²) >= 11 is 0. The lowest BCUT2D eigenvalue weighted by Crippen LogP contribution is -2.44. The molecule has 7 N–H and O–H groups in total. The second-order valence-electron chi connectivity index (χ2n) is 19.0. The van der Waals surface area contributed by atoms with Crippen molar-refractivity contribution < 1.29 is 64.4 Å². The van der Waals surface area contributed by atoms with Crippen molar-refractivity contribution in [2.75, 3.05) is 0 Å². The molecule has 0 radical (unpaired) electrons. The molecule has 0 amide bonds. The summed E-state index contributed by atoms with van der Waals surface area (Å²) in [6, 6.07) is 0. The fourth-order valence-electron chi connectivity index (χ4n) is 8.64. The zero-order chi connectivity index (χ0) is 45.3. The van der Waals surface area contributed by atoms with Crippen LogP contribution in [0.5, 0.6) is 0 Å². The Balaban J connectivity index is 0.000000320. The predicted octanol–water partition coefficient (Wildman–Crippen LogP) is 5.39. The standard InChI is InChI=1S/C24H38O6.C23H36O7/c1-6-24(4,5)23(29)30-21-13-18(27)11-16-8-7-14(2)19(22(16)21)10-9-17(26)12-20(28)15(3)25;1-5-23(3,4)22(29)30-19-12-16(25)10-14-7-6-13(2)17(20(14)19)9-8-15(24)11-18(26)21(27)28/h7-8,11,14,17-22,26-28H,6,9-10,12-13H2,1-5H3;6-7,10,13,15-20,24-26H,5,8-9,11-12H2,1-4H3,(H,27,28)/t14-,17+,18-,19-,20+,21-,22-;13-,15+,16-,17-,18+,19-,20-/m00/s1. The summed E-state index contributed by atoms with van der Waals surface area (Å²) in [6.07, 6.45) is 8.96. The normalized spacial score (nSPS) is 30.8. The van der Waals surface area contributed by atoms with Crippen LogP contribution in [0.25, 0.3) is 0 Å². The highest BCUT2D eigenvalue weighted by Gasteiger charge is 2.45. The first-order chi connectivity index (χ1) is 27.9. The molecule has 14 atom stereocenters. The highest BCUT2D eigenvalue weighted by Crippen LogP contribution is 2.46. The van der Waals surface area contributed by atoms with Gasteiger partial charge in [0.2, 0.25) is 0 Å². The van der Waals surface area contributed by atoms with E-state index >= 15 is 0 Å². The van der Waals surface area contributed by atoms with Crippen LogP contribution in [0, 0.1) is 46.3 Å². The van der Waals surface area contributed by atoms with Crippen molar-refractivity contribution in [3.63, 3.8) is 0 Å². The number of esters is 2. The number of rotatable bonds is 18. The number of carbonyl (C=O) groups is 4. The van der Waals surface area contributed by atoms with Crippen LogP contribution in [0.15, 0.2) is 47.6 Å². The lowest BCUT2D eigenvalue weighted by atomic mass is 9.66. The predicted molar refractivity (Wildman–Crippen MR) is 226 cm³/mol. The SMILES string of the molecule is CCC(C)(C)C(=O)O[C@H]1C[C@@H](O)C=C2C=C[C@H](C)[C@H](CC[C@@H](O)C[C@@H](O)C(=O)O)[C@H]21.CCC(C)(C)C(=O)O[C@H]1C[C@@H](O)C=C2C=C[C@H](C)[C@H](CC[C@@H](O)C[C@@H](O)C(C)=O)[C@H]21. The number of carboxylic acid groups (broad SMARTS) is 1. The van der Waals surface area contributed by atoms with Gasteiger partial charge in [-0.25, -0.2) is 4.79 Å². The quantitative estimate of drug-likeness (QED) is 0.0861. The molecule has 0 spiro atoms. The highest BCUT2D eigenvalue weighted by molar-refractivity contribution is 5.80. The maximum absolute atomic E-state index is 12.7. The summed E-state index contributed by atoms with van der Waals surface area (Å²) in [6.45, 7) is 16.8. The van der Waals surface area contributed by atoms with Gasteiger partial charge in [-0.2, -0.15) is 0 Å². The number of fused-ring (bicyclic) bond motifs is 2. The summed E-state index contributed by atoms with van der Waals surface area (Å²) in [4.78, 5) is 47.5. The van der Waals surface area contributed by atoms with Gasteiger partial charge in [0, 0.05) is 37.5 Å².